The zero-order valence-electron chi connectivity index (χ0n) is 36.6. The van der Waals surface area contributed by atoms with E-state index in [1.807, 2.05) is 72.8 Å². The van der Waals surface area contributed by atoms with E-state index in [2.05, 4.69) is 49.7 Å². The van der Waals surface area contributed by atoms with E-state index in [1.165, 1.54) is 24.3 Å². The summed E-state index contributed by atoms with van der Waals surface area (Å²) in [7, 11) is -9.40. The van der Waals surface area contributed by atoms with Gasteiger partial charge in [0.2, 0.25) is 0 Å². The average Bonchev–Trinajstić information content (AvgIpc) is 3.52. The number of hydrogen-bond acceptors (Lipinski definition) is 9. The van der Waals surface area contributed by atoms with Crippen LogP contribution < -0.4 is 44.3 Å². The molecule has 6 aromatic rings. The van der Waals surface area contributed by atoms with Gasteiger partial charge in [-0.2, -0.15) is 8.42 Å². The number of nitrogens with zero attached hydrogens (tertiary/aromatic N) is 2. The summed E-state index contributed by atoms with van der Waals surface area (Å²) < 4.78 is 84.1. The second kappa shape index (κ2) is 20.1. The first kappa shape index (κ1) is 48.5. The minimum atomic E-state index is -4.82. The molecule has 0 unspecified atom stereocenters. The molecule has 326 valence electrons. The number of anilines is 2. The summed E-state index contributed by atoms with van der Waals surface area (Å²) in [6, 6.07) is 28.8. The van der Waals surface area contributed by atoms with Crippen LogP contribution in [-0.4, -0.2) is 49.4 Å². The Morgan fingerprint density at radius 2 is 1.41 bits per heavy atom. The summed E-state index contributed by atoms with van der Waals surface area (Å²) in [5.41, 5.74) is 10.9. The average molecular weight is 929 g/mol. The van der Waals surface area contributed by atoms with E-state index in [1.54, 1.807) is 26.0 Å². The maximum Gasteiger partial charge on any atom is 1.00 e. The molecule has 1 aliphatic rings. The maximum atomic E-state index is 12.2. The van der Waals surface area contributed by atoms with Crippen LogP contribution in [0.1, 0.15) is 49.9 Å². The third-order valence-corrected chi connectivity index (χ3v) is 12.3. The van der Waals surface area contributed by atoms with Crippen molar-refractivity contribution < 1.29 is 65.0 Å². The van der Waals surface area contributed by atoms with Gasteiger partial charge < -0.3 is 23.9 Å². The Balaban J connectivity index is 0.00000680. The van der Waals surface area contributed by atoms with Crippen molar-refractivity contribution in [3.63, 3.8) is 0 Å². The van der Waals surface area contributed by atoms with Gasteiger partial charge in [-0.05, 0) is 146 Å². The van der Waals surface area contributed by atoms with Gasteiger partial charge in [0.25, 0.3) is 10.1 Å². The van der Waals surface area contributed by atoms with Crippen molar-refractivity contribution >= 4 is 71.1 Å². The molecule has 5 aromatic carbocycles. The molecule has 0 spiro atoms. The molecule has 0 amide bonds. The molecule has 0 aliphatic heterocycles. The Bertz CT molecular complexity index is 3070. The Hall–Kier alpha value is -4.96. The molecular formula is C49H47ClN3NaO8S2. The Morgan fingerprint density at radius 3 is 2.00 bits per heavy atom. The number of aryl methyl sites for hydroxylation is 2. The molecule has 7 rings (SSSR count). The third kappa shape index (κ3) is 10.8. The number of nitrogens with one attached hydrogen (secondary N) is 1. The number of fused-ring (bicyclic) bond motifs is 1. The molecule has 0 saturated heterocycles. The first-order valence-corrected chi connectivity index (χ1v) is 23.6. The topological polar surface area (TPSA) is 159 Å². The van der Waals surface area contributed by atoms with Crippen LogP contribution >= 0.6 is 11.6 Å². The normalized spacial score (nSPS) is 12.7. The van der Waals surface area contributed by atoms with E-state index in [4.69, 9.17) is 26.1 Å². The zero-order valence-corrected chi connectivity index (χ0v) is 41.0. The van der Waals surface area contributed by atoms with Gasteiger partial charge >= 0.3 is 29.6 Å². The molecule has 0 bridgehead atoms. The van der Waals surface area contributed by atoms with Crippen LogP contribution in [0, 0.1) is 19.8 Å². The van der Waals surface area contributed by atoms with Crippen LogP contribution in [0.3, 0.4) is 0 Å². The molecule has 1 heterocycles. The van der Waals surface area contributed by atoms with Gasteiger partial charge in [-0.1, -0.05) is 67.9 Å². The monoisotopic (exact) mass is 927 g/mol. The predicted octanol–water partition coefficient (Wildman–Crippen LogP) is 8.63. The number of halogens is 1. The zero-order chi connectivity index (χ0) is 45.2. The molecule has 1 aromatic heterocycles. The molecule has 15 heteroatoms. The van der Waals surface area contributed by atoms with Crippen LogP contribution in [-0.2, 0) is 26.8 Å². The molecule has 11 nitrogen and oxygen atoms in total. The Kier molecular flexibility index (Phi) is 15.2. The third-order valence-electron chi connectivity index (χ3n) is 10.3. The van der Waals surface area contributed by atoms with Crippen LogP contribution in [0.5, 0.6) is 11.5 Å². The maximum absolute atomic E-state index is 12.2. The van der Waals surface area contributed by atoms with E-state index >= 15 is 0 Å². The summed E-state index contributed by atoms with van der Waals surface area (Å²) in [4.78, 5) is 3.89. The second-order valence-corrected chi connectivity index (χ2v) is 18.7. The fourth-order valence-electron chi connectivity index (χ4n) is 7.86. The number of hydrogen-bond donors (Lipinski definition) is 2. The SMILES string of the molecule is CCOc1ccc(Nc2ccc(C(=C3C=CC(=Nc4ccc(OCC)c(S(=O)(=O)O)c4)C=C3)c3c(-c4ccc(Cl)cc4)n(CC(C)C)c4cc(C)cc(C)c34)cc2)cc1S(=O)(=O)[O-].[Na+]. The van der Waals surface area contributed by atoms with E-state index in [9.17, 15) is 25.9 Å². The Morgan fingerprint density at radius 1 is 0.797 bits per heavy atom. The van der Waals surface area contributed by atoms with E-state index in [0.29, 0.717) is 33.7 Å². The number of benzene rings is 5. The molecule has 64 heavy (non-hydrogen) atoms. The van der Waals surface area contributed by atoms with Crippen LogP contribution in [0.25, 0.3) is 27.7 Å². The number of aromatic nitrogens is 1. The van der Waals surface area contributed by atoms with Gasteiger partial charge in [-0.25, -0.2) is 13.4 Å². The second-order valence-electron chi connectivity index (χ2n) is 15.5. The molecule has 0 atom stereocenters. The van der Waals surface area contributed by atoms with Gasteiger partial charge in [0.15, 0.2) is 0 Å². The molecule has 0 saturated carbocycles. The molecular weight excluding hydrogens is 881 g/mol. The number of rotatable bonds is 14. The largest absolute Gasteiger partial charge is 1.00 e. The smallest absolute Gasteiger partial charge is 0.744 e. The van der Waals surface area contributed by atoms with Crippen molar-refractivity contribution in [1.29, 1.82) is 0 Å². The molecule has 1 aliphatic carbocycles. The molecule has 0 fully saturated rings. The minimum absolute atomic E-state index is 0. The minimum Gasteiger partial charge on any atom is -0.744 e. The molecule has 2 N–H and O–H groups in total. The van der Waals surface area contributed by atoms with Crippen molar-refractivity contribution in [2.75, 3.05) is 18.5 Å². The van der Waals surface area contributed by atoms with E-state index in [0.717, 1.165) is 62.1 Å². The van der Waals surface area contributed by atoms with E-state index < -0.39 is 25.1 Å². The van der Waals surface area contributed by atoms with Gasteiger partial charge in [0.05, 0.1) is 35.2 Å². The number of allylic oxidation sites excluding steroid dienone is 5. The van der Waals surface area contributed by atoms with Gasteiger partial charge in [0.1, 0.15) is 26.5 Å². The van der Waals surface area contributed by atoms with Crippen LogP contribution in [0.15, 0.2) is 142 Å². The quantitative estimate of drug-likeness (QED) is 0.0806. The summed E-state index contributed by atoms with van der Waals surface area (Å²) in [5.74, 6) is 0.332. The van der Waals surface area contributed by atoms with Gasteiger partial charge in [-0.15, -0.1) is 0 Å². The van der Waals surface area contributed by atoms with Crippen molar-refractivity contribution in [3.8, 4) is 22.8 Å². The first-order valence-electron chi connectivity index (χ1n) is 20.4. The van der Waals surface area contributed by atoms with Gasteiger partial charge in [-0.3, -0.25) is 4.55 Å². The fourth-order valence-corrected chi connectivity index (χ4v) is 9.28. The van der Waals surface area contributed by atoms with Crippen LogP contribution in [0.2, 0.25) is 5.02 Å². The van der Waals surface area contributed by atoms with Crippen molar-refractivity contribution in [3.05, 3.63) is 154 Å². The standard InChI is InChI=1S/C49H48ClN3O8S2.Na/c1-7-60-42-23-21-39(27-44(42)62(54,55)56)51-37-17-11-33(12-18-37)47(34-13-19-38(20-14-34)52-40-22-24-43(61-8-2)45(28-40)63(57,58)59)48-46-32(6)25-31(5)26-41(46)53(29-30(3)4)49(48)35-9-15-36(50)16-10-35;/h9-28,30,51H,7-8,29H2,1-6H3,(H,54,55,56)(H,57,58,59);/q;+1/p-1. The summed E-state index contributed by atoms with van der Waals surface area (Å²) >= 11 is 6.47. The fraction of sp³-hybridized carbons (Fsp3) is 0.204. The summed E-state index contributed by atoms with van der Waals surface area (Å²) in [6.45, 7) is 13.2. The Labute approximate surface area is 402 Å². The van der Waals surface area contributed by atoms with Gasteiger partial charge in [0, 0.05) is 39.4 Å². The number of ether oxygens (including phenoxy) is 2. The van der Waals surface area contributed by atoms with Crippen molar-refractivity contribution in [2.45, 2.75) is 57.9 Å². The van der Waals surface area contributed by atoms with Crippen molar-refractivity contribution in [2.24, 2.45) is 10.9 Å². The first-order chi connectivity index (χ1) is 29.9. The van der Waals surface area contributed by atoms with Crippen LogP contribution in [0.4, 0.5) is 17.1 Å². The summed E-state index contributed by atoms with van der Waals surface area (Å²) in [5, 5.41) is 4.95. The molecule has 0 radical (unpaired) electrons. The number of aliphatic imine (C=N–C) groups is 1. The summed E-state index contributed by atoms with van der Waals surface area (Å²) in [6.07, 6.45) is 7.66. The predicted molar refractivity (Wildman–Crippen MR) is 251 cm³/mol. The van der Waals surface area contributed by atoms with Crippen molar-refractivity contribution in [1.82, 2.24) is 4.57 Å². The van der Waals surface area contributed by atoms with E-state index in [-0.39, 0.29) is 59.2 Å².